The van der Waals surface area contributed by atoms with Crippen LogP contribution >= 0.6 is 11.3 Å². The summed E-state index contributed by atoms with van der Waals surface area (Å²) in [4.78, 5) is 10.2. The van der Waals surface area contributed by atoms with Gasteiger partial charge < -0.3 is 10.2 Å². The van der Waals surface area contributed by atoms with E-state index in [9.17, 15) is 0 Å². The predicted octanol–water partition coefficient (Wildman–Crippen LogP) is 2.24. The standard InChI is InChI=1S/C11H11N5S/c1-16(11-3-2-6-17-11)10-7-9(13-5-4-12)14-8-15-10/h2-3,6-8H,5H2,1H3,(H,13,14,15). The summed E-state index contributed by atoms with van der Waals surface area (Å²) < 4.78 is 0. The van der Waals surface area contributed by atoms with Gasteiger partial charge in [0.25, 0.3) is 0 Å². The molecule has 0 fully saturated rings. The Labute approximate surface area is 103 Å². The van der Waals surface area contributed by atoms with Crippen molar-refractivity contribution >= 4 is 28.0 Å². The fourth-order valence-corrected chi connectivity index (χ4v) is 2.04. The lowest BCUT2D eigenvalue weighted by Crippen LogP contribution is -2.11. The van der Waals surface area contributed by atoms with E-state index in [4.69, 9.17) is 5.26 Å². The third kappa shape index (κ3) is 2.71. The Hall–Kier alpha value is -2.13. The smallest absolute Gasteiger partial charge is 0.138 e. The Kier molecular flexibility index (Phi) is 3.52. The van der Waals surface area contributed by atoms with E-state index in [0.717, 1.165) is 10.8 Å². The monoisotopic (exact) mass is 245 g/mol. The molecule has 0 saturated carbocycles. The highest BCUT2D eigenvalue weighted by atomic mass is 32.1. The second-order valence-electron chi connectivity index (χ2n) is 3.28. The SMILES string of the molecule is CN(c1cc(NCC#N)ncn1)c1cccs1. The van der Waals surface area contributed by atoms with E-state index in [1.807, 2.05) is 41.6 Å². The van der Waals surface area contributed by atoms with Gasteiger partial charge in [-0.25, -0.2) is 9.97 Å². The molecule has 2 aromatic rings. The van der Waals surface area contributed by atoms with Gasteiger partial charge in [0.05, 0.1) is 11.1 Å². The van der Waals surface area contributed by atoms with Gasteiger partial charge in [0.15, 0.2) is 0 Å². The van der Waals surface area contributed by atoms with Crippen molar-refractivity contribution in [1.29, 1.82) is 5.26 Å². The number of nitrogens with one attached hydrogen (secondary N) is 1. The molecule has 2 rings (SSSR count). The van der Waals surface area contributed by atoms with Gasteiger partial charge in [0, 0.05) is 13.1 Å². The van der Waals surface area contributed by atoms with Crippen molar-refractivity contribution in [2.75, 3.05) is 23.8 Å². The van der Waals surface area contributed by atoms with E-state index in [0.29, 0.717) is 5.82 Å². The molecule has 2 aromatic heterocycles. The van der Waals surface area contributed by atoms with Crippen LogP contribution in [0.1, 0.15) is 0 Å². The van der Waals surface area contributed by atoms with Crippen molar-refractivity contribution in [3.05, 3.63) is 29.9 Å². The van der Waals surface area contributed by atoms with E-state index in [1.165, 1.54) is 6.33 Å². The second kappa shape index (κ2) is 5.27. The Morgan fingerprint density at radius 1 is 1.53 bits per heavy atom. The summed E-state index contributed by atoms with van der Waals surface area (Å²) in [6, 6.07) is 7.84. The molecule has 0 radical (unpaired) electrons. The Morgan fingerprint density at radius 2 is 2.41 bits per heavy atom. The first-order chi connectivity index (χ1) is 8.31. The molecule has 0 aliphatic rings. The third-order valence-corrected chi connectivity index (χ3v) is 3.13. The maximum absolute atomic E-state index is 8.49. The lowest BCUT2D eigenvalue weighted by Gasteiger charge is -2.16. The molecular weight excluding hydrogens is 234 g/mol. The van der Waals surface area contributed by atoms with Crippen molar-refractivity contribution < 1.29 is 0 Å². The van der Waals surface area contributed by atoms with Crippen LogP contribution in [0.15, 0.2) is 29.9 Å². The van der Waals surface area contributed by atoms with Crippen LogP contribution in [0.2, 0.25) is 0 Å². The largest absolute Gasteiger partial charge is 0.357 e. The molecule has 0 saturated heterocycles. The lowest BCUT2D eigenvalue weighted by atomic mass is 10.4. The van der Waals surface area contributed by atoms with Gasteiger partial charge >= 0.3 is 0 Å². The number of rotatable bonds is 4. The van der Waals surface area contributed by atoms with Crippen LogP contribution < -0.4 is 10.2 Å². The number of anilines is 3. The highest BCUT2D eigenvalue weighted by Crippen LogP contribution is 2.26. The number of thiophene rings is 1. The molecule has 0 amide bonds. The molecule has 5 nitrogen and oxygen atoms in total. The van der Waals surface area contributed by atoms with Crippen molar-refractivity contribution in [3.8, 4) is 6.07 Å². The van der Waals surface area contributed by atoms with Crippen molar-refractivity contribution in [2.24, 2.45) is 0 Å². The summed E-state index contributed by atoms with van der Waals surface area (Å²) in [5.41, 5.74) is 0. The maximum Gasteiger partial charge on any atom is 0.138 e. The van der Waals surface area contributed by atoms with Crippen LogP contribution in [0, 0.1) is 11.3 Å². The van der Waals surface area contributed by atoms with Crippen LogP contribution in [-0.2, 0) is 0 Å². The molecule has 0 aliphatic heterocycles. The minimum absolute atomic E-state index is 0.235. The number of aromatic nitrogens is 2. The van der Waals surface area contributed by atoms with Gasteiger partial charge in [0.2, 0.25) is 0 Å². The molecule has 2 heterocycles. The van der Waals surface area contributed by atoms with Crippen LogP contribution in [-0.4, -0.2) is 23.6 Å². The van der Waals surface area contributed by atoms with Crippen LogP contribution in [0.3, 0.4) is 0 Å². The van der Waals surface area contributed by atoms with Crippen LogP contribution in [0.25, 0.3) is 0 Å². The average Bonchev–Trinajstić information content (AvgIpc) is 2.89. The molecule has 0 aliphatic carbocycles. The molecule has 0 unspecified atom stereocenters. The molecule has 0 aromatic carbocycles. The minimum Gasteiger partial charge on any atom is -0.357 e. The maximum atomic E-state index is 8.49. The van der Waals surface area contributed by atoms with E-state index < -0.39 is 0 Å². The van der Waals surface area contributed by atoms with Gasteiger partial charge in [-0.1, -0.05) is 0 Å². The predicted molar refractivity (Wildman–Crippen MR) is 68.5 cm³/mol. The molecular formula is C11H11N5S. The molecule has 1 N–H and O–H groups in total. The Morgan fingerprint density at radius 3 is 3.12 bits per heavy atom. The zero-order chi connectivity index (χ0) is 12.1. The van der Waals surface area contributed by atoms with Gasteiger partial charge in [-0.15, -0.1) is 11.3 Å². The fourth-order valence-electron chi connectivity index (χ4n) is 1.33. The summed E-state index contributed by atoms with van der Waals surface area (Å²) >= 11 is 1.64. The quantitative estimate of drug-likeness (QED) is 0.837. The molecule has 17 heavy (non-hydrogen) atoms. The average molecular weight is 245 g/mol. The Balaban J connectivity index is 2.19. The molecule has 86 valence electrons. The van der Waals surface area contributed by atoms with Crippen LogP contribution in [0.4, 0.5) is 16.6 Å². The highest BCUT2D eigenvalue weighted by Gasteiger charge is 2.07. The zero-order valence-electron chi connectivity index (χ0n) is 9.29. The normalized spacial score (nSPS) is 9.65. The fraction of sp³-hybridized carbons (Fsp3) is 0.182. The first-order valence-electron chi connectivity index (χ1n) is 5.01. The van der Waals surface area contributed by atoms with E-state index >= 15 is 0 Å². The van der Waals surface area contributed by atoms with Crippen molar-refractivity contribution in [3.63, 3.8) is 0 Å². The summed E-state index contributed by atoms with van der Waals surface area (Å²) in [7, 11) is 1.95. The lowest BCUT2D eigenvalue weighted by molar-refractivity contribution is 1.08. The summed E-state index contributed by atoms with van der Waals surface area (Å²) in [6.45, 7) is 0.235. The van der Waals surface area contributed by atoms with E-state index in [1.54, 1.807) is 11.3 Å². The molecule has 6 heteroatoms. The molecule has 0 bridgehead atoms. The van der Waals surface area contributed by atoms with Crippen molar-refractivity contribution in [2.45, 2.75) is 0 Å². The topological polar surface area (TPSA) is 64.8 Å². The van der Waals surface area contributed by atoms with Crippen molar-refractivity contribution in [1.82, 2.24) is 9.97 Å². The molecule has 0 atom stereocenters. The number of nitrogens with zero attached hydrogens (tertiary/aromatic N) is 4. The zero-order valence-corrected chi connectivity index (χ0v) is 10.1. The summed E-state index contributed by atoms with van der Waals surface area (Å²) in [6.07, 6.45) is 1.49. The second-order valence-corrected chi connectivity index (χ2v) is 4.21. The highest BCUT2D eigenvalue weighted by molar-refractivity contribution is 7.14. The Bertz CT molecular complexity index is 517. The van der Waals surface area contributed by atoms with Crippen LogP contribution in [0.5, 0.6) is 0 Å². The summed E-state index contributed by atoms with van der Waals surface area (Å²) in [5.74, 6) is 1.45. The summed E-state index contributed by atoms with van der Waals surface area (Å²) in [5, 5.41) is 14.5. The van der Waals surface area contributed by atoms with Gasteiger partial charge in [-0.3, -0.25) is 0 Å². The number of hydrogen-bond donors (Lipinski definition) is 1. The van der Waals surface area contributed by atoms with Gasteiger partial charge in [-0.05, 0) is 17.5 Å². The number of nitriles is 1. The van der Waals surface area contributed by atoms with E-state index in [-0.39, 0.29) is 6.54 Å². The number of hydrogen-bond acceptors (Lipinski definition) is 6. The van der Waals surface area contributed by atoms with E-state index in [2.05, 4.69) is 15.3 Å². The van der Waals surface area contributed by atoms with Gasteiger partial charge in [0.1, 0.15) is 24.5 Å². The van der Waals surface area contributed by atoms with Gasteiger partial charge in [-0.2, -0.15) is 5.26 Å². The first-order valence-corrected chi connectivity index (χ1v) is 5.89. The third-order valence-electron chi connectivity index (χ3n) is 2.18. The minimum atomic E-state index is 0.235. The first kappa shape index (κ1) is 11.4. The molecule has 0 spiro atoms.